The van der Waals surface area contributed by atoms with Crippen molar-refractivity contribution in [2.75, 3.05) is 12.9 Å². The van der Waals surface area contributed by atoms with Gasteiger partial charge < -0.3 is 9.57 Å². The van der Waals surface area contributed by atoms with Crippen molar-refractivity contribution in [2.45, 2.75) is 10.6 Å². The van der Waals surface area contributed by atoms with Crippen LogP contribution in [-0.4, -0.2) is 33.0 Å². The molecule has 1 aromatic heterocycles. The monoisotopic (exact) mass is 351 g/mol. The number of sulfone groups is 1. The van der Waals surface area contributed by atoms with Crippen LogP contribution in [0.4, 0.5) is 0 Å². The van der Waals surface area contributed by atoms with Crippen LogP contribution in [0, 0.1) is 0 Å². The zero-order valence-electron chi connectivity index (χ0n) is 12.2. The molecule has 0 fully saturated rings. The molecule has 2 aromatic rings. The van der Waals surface area contributed by atoms with Gasteiger partial charge in [-0.15, -0.1) is 11.3 Å². The summed E-state index contributed by atoms with van der Waals surface area (Å²) in [5.74, 6) is -0.00183. The van der Waals surface area contributed by atoms with Crippen molar-refractivity contribution in [3.05, 3.63) is 46.8 Å². The van der Waals surface area contributed by atoms with Crippen molar-refractivity contribution in [1.29, 1.82) is 0 Å². The molecule has 0 N–H and O–H groups in total. The summed E-state index contributed by atoms with van der Waals surface area (Å²) < 4.78 is 29.2. The molecule has 0 spiro atoms. The van der Waals surface area contributed by atoms with Crippen LogP contribution in [0.5, 0.6) is 5.75 Å². The van der Waals surface area contributed by atoms with E-state index in [-0.39, 0.29) is 16.4 Å². The molecule has 0 radical (unpaired) electrons. The van der Waals surface area contributed by atoms with Gasteiger partial charge >= 0.3 is 5.97 Å². The normalized spacial score (nSPS) is 17.5. The maximum absolute atomic E-state index is 12.0. The van der Waals surface area contributed by atoms with Crippen molar-refractivity contribution in [3.63, 3.8) is 0 Å². The van der Waals surface area contributed by atoms with Gasteiger partial charge in [0.2, 0.25) is 0 Å². The van der Waals surface area contributed by atoms with Crippen LogP contribution in [0.25, 0.3) is 0 Å². The third-order valence-electron chi connectivity index (χ3n) is 3.40. The third-order valence-corrected chi connectivity index (χ3v) is 6.68. The van der Waals surface area contributed by atoms with Crippen LogP contribution >= 0.6 is 11.3 Å². The number of carbonyl (C=O) groups excluding carboxylic acids is 1. The first-order valence-electron chi connectivity index (χ1n) is 6.74. The minimum Gasteiger partial charge on any atom is -0.497 e. The van der Waals surface area contributed by atoms with Gasteiger partial charge in [0, 0.05) is 12.0 Å². The number of hydrogen-bond donors (Lipinski definition) is 0. The van der Waals surface area contributed by atoms with Crippen molar-refractivity contribution in [3.8, 4) is 5.75 Å². The van der Waals surface area contributed by atoms with Gasteiger partial charge in [-0.3, -0.25) is 0 Å². The summed E-state index contributed by atoms with van der Waals surface area (Å²) in [6.45, 7) is 0. The summed E-state index contributed by atoms with van der Waals surface area (Å²) in [5, 5.41) is 5.55. The largest absolute Gasteiger partial charge is 0.497 e. The molecule has 0 atom stereocenters. The average molecular weight is 351 g/mol. The Morgan fingerprint density at radius 3 is 2.65 bits per heavy atom. The van der Waals surface area contributed by atoms with Crippen LogP contribution < -0.4 is 4.74 Å². The molecule has 0 aliphatic carbocycles. The highest BCUT2D eigenvalue weighted by Crippen LogP contribution is 2.30. The molecule has 8 heteroatoms. The minimum atomic E-state index is -3.25. The Hall–Kier alpha value is -2.19. The van der Waals surface area contributed by atoms with E-state index in [1.54, 1.807) is 35.7 Å². The fourth-order valence-corrected chi connectivity index (χ4v) is 4.99. The number of carbonyl (C=O) groups is 1. The lowest BCUT2D eigenvalue weighted by atomic mass is 10.1. The van der Waals surface area contributed by atoms with Gasteiger partial charge in [0.25, 0.3) is 0 Å². The molecule has 0 unspecified atom stereocenters. The number of methoxy groups -OCH3 is 1. The van der Waals surface area contributed by atoms with Crippen LogP contribution in [0.2, 0.25) is 0 Å². The molecule has 1 aromatic carbocycles. The number of fused-ring (bicyclic) bond motifs is 1. The van der Waals surface area contributed by atoms with E-state index in [0.717, 1.165) is 11.3 Å². The van der Waals surface area contributed by atoms with E-state index >= 15 is 0 Å². The van der Waals surface area contributed by atoms with Gasteiger partial charge in [-0.2, -0.15) is 0 Å². The summed E-state index contributed by atoms with van der Waals surface area (Å²) in [5.41, 5.74) is 1.32. The van der Waals surface area contributed by atoms with E-state index in [1.165, 1.54) is 7.11 Å². The quantitative estimate of drug-likeness (QED) is 0.627. The minimum absolute atomic E-state index is 0.0283. The van der Waals surface area contributed by atoms with Gasteiger partial charge in [0.05, 0.1) is 24.1 Å². The molecule has 0 saturated carbocycles. The van der Waals surface area contributed by atoms with E-state index in [9.17, 15) is 13.2 Å². The second-order valence-electron chi connectivity index (χ2n) is 4.84. The number of oxime groups is 1. The second-order valence-corrected chi connectivity index (χ2v) is 8.06. The first-order valence-corrected chi connectivity index (χ1v) is 9.27. The molecule has 23 heavy (non-hydrogen) atoms. The van der Waals surface area contributed by atoms with Crippen LogP contribution in [0.15, 0.2) is 45.1 Å². The van der Waals surface area contributed by atoms with E-state index < -0.39 is 15.8 Å². The Bertz CT molecular complexity index is 866. The summed E-state index contributed by atoms with van der Waals surface area (Å²) in [6, 6.07) is 8.12. The van der Waals surface area contributed by atoms with Crippen molar-refractivity contribution >= 4 is 32.9 Å². The number of rotatable bonds is 3. The first-order chi connectivity index (χ1) is 11.0. The number of benzene rings is 1. The lowest BCUT2D eigenvalue weighted by Crippen LogP contribution is -2.20. The van der Waals surface area contributed by atoms with Crippen molar-refractivity contribution in [2.24, 2.45) is 5.16 Å². The fourth-order valence-electron chi connectivity index (χ4n) is 2.18. The molecular weight excluding hydrogens is 338 g/mol. The molecular formula is C15H13NO5S2. The average Bonchev–Trinajstić information content (AvgIpc) is 3.05. The summed E-state index contributed by atoms with van der Waals surface area (Å²) in [6.07, 6.45) is 0.224. The van der Waals surface area contributed by atoms with Gasteiger partial charge in [0.1, 0.15) is 9.96 Å². The Balaban J connectivity index is 1.79. The Morgan fingerprint density at radius 1 is 1.22 bits per heavy atom. The SMILES string of the molecule is COc1ccc(C(=O)O/N=C2/CCS(=O)(=O)c3sccc32)cc1. The first kappa shape index (κ1) is 15.7. The lowest BCUT2D eigenvalue weighted by Gasteiger charge is -2.13. The number of nitrogens with zero attached hydrogens (tertiary/aromatic N) is 1. The maximum Gasteiger partial charge on any atom is 0.365 e. The zero-order valence-corrected chi connectivity index (χ0v) is 13.8. The number of hydrogen-bond acceptors (Lipinski definition) is 7. The molecule has 0 saturated heterocycles. The Kier molecular flexibility index (Phi) is 4.18. The number of thiophene rings is 1. The molecule has 120 valence electrons. The molecule has 6 nitrogen and oxygen atoms in total. The highest BCUT2D eigenvalue weighted by molar-refractivity contribution is 7.93. The smallest absolute Gasteiger partial charge is 0.365 e. The number of ether oxygens (including phenoxy) is 1. The van der Waals surface area contributed by atoms with Crippen molar-refractivity contribution in [1.82, 2.24) is 0 Å². The van der Waals surface area contributed by atoms with Crippen LogP contribution in [0.3, 0.4) is 0 Å². The highest BCUT2D eigenvalue weighted by atomic mass is 32.2. The topological polar surface area (TPSA) is 82.0 Å². The predicted octanol–water partition coefficient (Wildman–Crippen LogP) is 2.50. The summed E-state index contributed by atoms with van der Waals surface area (Å²) >= 11 is 1.15. The predicted molar refractivity (Wildman–Crippen MR) is 85.9 cm³/mol. The van der Waals surface area contributed by atoms with E-state index in [2.05, 4.69) is 5.16 Å². The molecule has 2 heterocycles. The lowest BCUT2D eigenvalue weighted by molar-refractivity contribution is 0.0516. The third kappa shape index (κ3) is 3.13. The summed E-state index contributed by atoms with van der Waals surface area (Å²) in [7, 11) is -1.71. The summed E-state index contributed by atoms with van der Waals surface area (Å²) in [4.78, 5) is 16.9. The Labute approximate surface area is 137 Å². The van der Waals surface area contributed by atoms with Gasteiger partial charge in [-0.05, 0) is 35.7 Å². The van der Waals surface area contributed by atoms with E-state index in [1.807, 2.05) is 0 Å². The molecule has 0 amide bonds. The van der Waals surface area contributed by atoms with Crippen molar-refractivity contribution < 1.29 is 22.8 Å². The van der Waals surface area contributed by atoms with Gasteiger partial charge in [-0.25, -0.2) is 13.2 Å². The molecule has 1 aliphatic rings. The second kappa shape index (κ2) is 6.13. The molecule has 1 aliphatic heterocycles. The molecule has 3 rings (SSSR count). The maximum atomic E-state index is 12.0. The highest BCUT2D eigenvalue weighted by Gasteiger charge is 2.29. The van der Waals surface area contributed by atoms with E-state index in [0.29, 0.717) is 22.6 Å². The van der Waals surface area contributed by atoms with E-state index in [4.69, 9.17) is 9.57 Å². The Morgan fingerprint density at radius 2 is 1.96 bits per heavy atom. The van der Waals surface area contributed by atoms with Gasteiger partial charge in [0.15, 0.2) is 9.84 Å². The van der Waals surface area contributed by atoms with Crippen LogP contribution in [-0.2, 0) is 14.7 Å². The van der Waals surface area contributed by atoms with Crippen LogP contribution in [0.1, 0.15) is 22.3 Å². The zero-order chi connectivity index (χ0) is 16.4. The fraction of sp³-hybridized carbons (Fsp3) is 0.200. The molecule has 0 bridgehead atoms. The standard InChI is InChI=1S/C15H13NO5S2/c1-20-11-4-2-10(3-5-11)14(17)21-16-13-7-9-23(18,19)15-12(13)6-8-22-15/h2-6,8H,7,9H2,1H3/b16-13-. The van der Waals surface area contributed by atoms with Gasteiger partial charge in [-0.1, -0.05) is 5.16 Å².